The predicted octanol–water partition coefficient (Wildman–Crippen LogP) is 0.942. The molecule has 0 radical (unpaired) electrons. The number of amides is 1. The van der Waals surface area contributed by atoms with Crippen molar-refractivity contribution in [1.29, 1.82) is 0 Å². The molecule has 106 valence electrons. The minimum atomic E-state index is -0.648. The zero-order valence-electron chi connectivity index (χ0n) is 11.4. The molecule has 7 heteroatoms. The van der Waals surface area contributed by atoms with Gasteiger partial charge in [-0.15, -0.1) is 0 Å². The highest BCUT2D eigenvalue weighted by Gasteiger charge is 2.19. The second-order valence-electron chi connectivity index (χ2n) is 4.00. The quantitative estimate of drug-likeness (QED) is 0.860. The van der Waals surface area contributed by atoms with E-state index >= 15 is 0 Å². The molecule has 1 aromatic carbocycles. The zero-order chi connectivity index (χ0) is 14.9. The molecule has 0 fully saturated rings. The molecule has 1 heterocycles. The molecule has 1 amide bonds. The molecule has 2 aromatic rings. The van der Waals surface area contributed by atoms with Crippen LogP contribution in [0, 0.1) is 0 Å². The summed E-state index contributed by atoms with van der Waals surface area (Å²) in [5.74, 6) is 0.630. The molecule has 0 spiro atoms. The third kappa shape index (κ3) is 2.03. The van der Waals surface area contributed by atoms with E-state index in [2.05, 4.69) is 4.98 Å². The third-order valence-electron chi connectivity index (χ3n) is 2.91. The predicted molar refractivity (Wildman–Crippen MR) is 74.3 cm³/mol. The summed E-state index contributed by atoms with van der Waals surface area (Å²) in [4.78, 5) is 15.5. The molecule has 0 unspecified atom stereocenters. The van der Waals surface area contributed by atoms with E-state index in [9.17, 15) is 4.79 Å². The van der Waals surface area contributed by atoms with E-state index in [1.165, 1.54) is 21.3 Å². The van der Waals surface area contributed by atoms with Gasteiger partial charge in [0.2, 0.25) is 5.75 Å². The van der Waals surface area contributed by atoms with Gasteiger partial charge in [0, 0.05) is 5.39 Å². The summed E-state index contributed by atoms with van der Waals surface area (Å²) < 4.78 is 15.8. The molecule has 0 atom stereocenters. The number of fused-ring (bicyclic) bond motifs is 1. The Balaban J connectivity index is 2.88. The van der Waals surface area contributed by atoms with Gasteiger partial charge in [0.15, 0.2) is 11.5 Å². The maximum absolute atomic E-state index is 11.3. The Hall–Kier alpha value is -2.70. The van der Waals surface area contributed by atoms with Crippen LogP contribution < -0.4 is 25.7 Å². The molecular weight excluding hydrogens is 262 g/mol. The molecule has 2 rings (SSSR count). The Morgan fingerprint density at radius 3 is 2.25 bits per heavy atom. The molecule has 0 aliphatic rings. The molecule has 0 bridgehead atoms. The van der Waals surface area contributed by atoms with Crippen molar-refractivity contribution in [2.75, 3.05) is 27.1 Å². The van der Waals surface area contributed by atoms with Gasteiger partial charge in [-0.2, -0.15) is 0 Å². The number of nitrogens with zero attached hydrogens (tertiary/aromatic N) is 1. The van der Waals surface area contributed by atoms with E-state index in [0.717, 1.165) is 0 Å². The van der Waals surface area contributed by atoms with Crippen LogP contribution >= 0.6 is 0 Å². The molecule has 4 N–H and O–H groups in total. The summed E-state index contributed by atoms with van der Waals surface area (Å²) in [6.07, 6.45) is 0. The van der Waals surface area contributed by atoms with Crippen LogP contribution in [0.4, 0.5) is 5.82 Å². The molecule has 20 heavy (non-hydrogen) atoms. The number of benzene rings is 1. The van der Waals surface area contributed by atoms with Crippen molar-refractivity contribution in [2.24, 2.45) is 5.73 Å². The highest BCUT2D eigenvalue weighted by atomic mass is 16.5. The van der Waals surface area contributed by atoms with Crippen molar-refractivity contribution >= 4 is 22.6 Å². The first kappa shape index (κ1) is 13.7. The number of carbonyl (C=O) groups is 1. The molecule has 1 aromatic heterocycles. The molecular formula is C13H15N3O4. The average molecular weight is 277 g/mol. The second-order valence-corrected chi connectivity index (χ2v) is 4.00. The number of nitrogen functional groups attached to an aromatic ring is 1. The van der Waals surface area contributed by atoms with Crippen LogP contribution in [0.2, 0.25) is 0 Å². The van der Waals surface area contributed by atoms with Gasteiger partial charge in [0.05, 0.1) is 26.9 Å². The van der Waals surface area contributed by atoms with Crippen LogP contribution in [0.1, 0.15) is 10.4 Å². The van der Waals surface area contributed by atoms with Crippen LogP contribution in [-0.4, -0.2) is 32.2 Å². The third-order valence-corrected chi connectivity index (χ3v) is 2.91. The van der Waals surface area contributed by atoms with Gasteiger partial charge in [0.25, 0.3) is 5.91 Å². The lowest BCUT2D eigenvalue weighted by atomic mass is 10.1. The number of primary amides is 1. The van der Waals surface area contributed by atoms with E-state index in [0.29, 0.717) is 28.2 Å². The van der Waals surface area contributed by atoms with E-state index in [-0.39, 0.29) is 11.4 Å². The maximum Gasteiger partial charge on any atom is 0.252 e. The molecule has 0 aliphatic carbocycles. The normalized spacial score (nSPS) is 10.3. The molecule has 0 saturated heterocycles. The Morgan fingerprint density at radius 1 is 1.10 bits per heavy atom. The molecule has 7 nitrogen and oxygen atoms in total. The number of ether oxygens (including phenoxy) is 3. The summed E-state index contributed by atoms with van der Waals surface area (Å²) in [6, 6.07) is 3.22. The standard InChI is InChI=1S/C13H15N3O4/c1-18-8-5-6-4-7(13(15)17)12(14)16-9(6)11(20-3)10(8)19-2/h4-5H,1-3H3,(H2,14,16)(H2,15,17). The van der Waals surface area contributed by atoms with E-state index in [1.807, 2.05) is 0 Å². The number of aromatic nitrogens is 1. The Morgan fingerprint density at radius 2 is 1.75 bits per heavy atom. The van der Waals surface area contributed by atoms with Crippen LogP contribution in [0.15, 0.2) is 12.1 Å². The van der Waals surface area contributed by atoms with E-state index in [1.54, 1.807) is 12.1 Å². The highest BCUT2D eigenvalue weighted by molar-refractivity contribution is 6.02. The van der Waals surface area contributed by atoms with Crippen molar-refractivity contribution in [3.8, 4) is 17.2 Å². The first-order chi connectivity index (χ1) is 9.53. The van der Waals surface area contributed by atoms with Crippen LogP contribution in [-0.2, 0) is 0 Å². The minimum absolute atomic E-state index is 0.0375. The fourth-order valence-electron chi connectivity index (χ4n) is 1.99. The minimum Gasteiger partial charge on any atom is -0.493 e. The smallest absolute Gasteiger partial charge is 0.252 e. The summed E-state index contributed by atoms with van der Waals surface area (Å²) >= 11 is 0. The van der Waals surface area contributed by atoms with Gasteiger partial charge >= 0.3 is 0 Å². The van der Waals surface area contributed by atoms with Crippen molar-refractivity contribution in [3.63, 3.8) is 0 Å². The summed E-state index contributed by atoms with van der Waals surface area (Å²) in [6.45, 7) is 0. The first-order valence-electron chi connectivity index (χ1n) is 5.72. The number of pyridine rings is 1. The van der Waals surface area contributed by atoms with E-state index in [4.69, 9.17) is 25.7 Å². The van der Waals surface area contributed by atoms with Gasteiger partial charge in [-0.3, -0.25) is 4.79 Å². The highest BCUT2D eigenvalue weighted by Crippen LogP contribution is 2.43. The summed E-state index contributed by atoms with van der Waals surface area (Å²) in [5, 5.41) is 0.613. The second kappa shape index (κ2) is 5.12. The van der Waals surface area contributed by atoms with E-state index < -0.39 is 5.91 Å². The lowest BCUT2D eigenvalue weighted by molar-refractivity contribution is 0.100. The maximum atomic E-state index is 11.3. The Labute approximate surface area is 115 Å². The van der Waals surface area contributed by atoms with Gasteiger partial charge in [-0.25, -0.2) is 4.98 Å². The fourth-order valence-corrected chi connectivity index (χ4v) is 1.99. The lowest BCUT2D eigenvalue weighted by Gasteiger charge is -2.15. The summed E-state index contributed by atoms with van der Waals surface area (Å²) in [5.41, 5.74) is 11.6. The number of methoxy groups -OCH3 is 3. The largest absolute Gasteiger partial charge is 0.493 e. The number of hydrogen-bond donors (Lipinski definition) is 2. The average Bonchev–Trinajstić information content (AvgIpc) is 2.44. The van der Waals surface area contributed by atoms with Crippen molar-refractivity contribution < 1.29 is 19.0 Å². The number of rotatable bonds is 4. The lowest BCUT2D eigenvalue weighted by Crippen LogP contribution is -2.14. The fraction of sp³-hybridized carbons (Fsp3) is 0.231. The van der Waals surface area contributed by atoms with Crippen molar-refractivity contribution in [3.05, 3.63) is 17.7 Å². The summed E-state index contributed by atoms with van der Waals surface area (Å²) in [7, 11) is 4.48. The van der Waals surface area contributed by atoms with Gasteiger partial charge in [-0.1, -0.05) is 0 Å². The van der Waals surface area contributed by atoms with Crippen LogP contribution in [0.3, 0.4) is 0 Å². The first-order valence-corrected chi connectivity index (χ1v) is 5.72. The number of nitrogens with two attached hydrogens (primary N) is 2. The number of anilines is 1. The SMILES string of the molecule is COc1cc2cc(C(N)=O)c(N)nc2c(OC)c1OC. The monoisotopic (exact) mass is 277 g/mol. The van der Waals surface area contributed by atoms with Gasteiger partial charge in [0.1, 0.15) is 11.3 Å². The van der Waals surface area contributed by atoms with Crippen molar-refractivity contribution in [2.45, 2.75) is 0 Å². The number of hydrogen-bond acceptors (Lipinski definition) is 6. The topological polar surface area (TPSA) is 110 Å². The Bertz CT molecular complexity index is 685. The number of carbonyl (C=O) groups excluding carboxylic acids is 1. The van der Waals surface area contributed by atoms with Crippen LogP contribution in [0.25, 0.3) is 10.9 Å². The molecule has 0 aliphatic heterocycles. The Kier molecular flexibility index (Phi) is 3.51. The van der Waals surface area contributed by atoms with Crippen molar-refractivity contribution in [1.82, 2.24) is 4.98 Å². The molecule has 0 saturated carbocycles. The van der Waals surface area contributed by atoms with Gasteiger partial charge in [-0.05, 0) is 12.1 Å². The zero-order valence-corrected chi connectivity index (χ0v) is 11.4. The van der Waals surface area contributed by atoms with Crippen LogP contribution in [0.5, 0.6) is 17.2 Å². The van der Waals surface area contributed by atoms with Gasteiger partial charge < -0.3 is 25.7 Å².